The molecule has 3 N–H and O–H groups in total. The van der Waals surface area contributed by atoms with Crippen molar-refractivity contribution in [3.8, 4) is 0 Å². The molecule has 1 rings (SSSR count). The van der Waals surface area contributed by atoms with Gasteiger partial charge in [-0.25, -0.2) is 0 Å². The van der Waals surface area contributed by atoms with Crippen LogP contribution in [0.25, 0.3) is 0 Å². The molecule has 1 aromatic carbocycles. The second-order valence-electron chi connectivity index (χ2n) is 4.15. The first-order valence-corrected chi connectivity index (χ1v) is 6.77. The van der Waals surface area contributed by atoms with Gasteiger partial charge in [0.2, 0.25) is 5.91 Å². The SMILES string of the molecule is CC(O)CCNC(=O)CNC(=O)c1ccccc1Br. The predicted octanol–water partition coefficient (Wildman–Crippen LogP) is 1.07. The number of aliphatic hydroxyl groups is 1. The second kappa shape index (κ2) is 7.91. The quantitative estimate of drug-likeness (QED) is 0.730. The van der Waals surface area contributed by atoms with Crippen LogP contribution in [0.1, 0.15) is 23.7 Å². The zero-order valence-electron chi connectivity index (χ0n) is 10.6. The maximum Gasteiger partial charge on any atom is 0.252 e. The smallest absolute Gasteiger partial charge is 0.252 e. The maximum absolute atomic E-state index is 11.8. The van der Waals surface area contributed by atoms with Crippen molar-refractivity contribution in [2.75, 3.05) is 13.1 Å². The van der Waals surface area contributed by atoms with E-state index >= 15 is 0 Å². The Labute approximate surface area is 120 Å². The van der Waals surface area contributed by atoms with E-state index in [0.717, 1.165) is 0 Å². The molecule has 1 unspecified atom stereocenters. The van der Waals surface area contributed by atoms with Gasteiger partial charge in [-0.05, 0) is 41.4 Å². The highest BCUT2D eigenvalue weighted by Crippen LogP contribution is 2.15. The van der Waals surface area contributed by atoms with Gasteiger partial charge in [0, 0.05) is 11.0 Å². The average molecular weight is 329 g/mol. The number of nitrogens with one attached hydrogen (secondary N) is 2. The average Bonchev–Trinajstić information content (AvgIpc) is 2.36. The fourth-order valence-electron chi connectivity index (χ4n) is 1.38. The van der Waals surface area contributed by atoms with E-state index in [1.54, 1.807) is 25.1 Å². The minimum absolute atomic E-state index is 0.0834. The van der Waals surface area contributed by atoms with Crippen LogP contribution >= 0.6 is 15.9 Å². The summed E-state index contributed by atoms with van der Waals surface area (Å²) in [7, 11) is 0. The molecule has 0 aliphatic carbocycles. The van der Waals surface area contributed by atoms with Crippen LogP contribution in [0.3, 0.4) is 0 Å². The first kappa shape index (κ1) is 15.7. The molecule has 1 atom stereocenters. The summed E-state index contributed by atoms with van der Waals surface area (Å²) >= 11 is 3.27. The molecule has 0 saturated carbocycles. The number of rotatable bonds is 6. The fraction of sp³-hybridized carbons (Fsp3) is 0.385. The van der Waals surface area contributed by atoms with E-state index in [1.165, 1.54) is 0 Å². The minimum atomic E-state index is -0.449. The summed E-state index contributed by atoms with van der Waals surface area (Å²) in [5, 5.41) is 14.2. The lowest BCUT2D eigenvalue weighted by atomic mass is 10.2. The first-order valence-electron chi connectivity index (χ1n) is 5.98. The number of hydrogen-bond donors (Lipinski definition) is 3. The minimum Gasteiger partial charge on any atom is -0.393 e. The Bertz CT molecular complexity index is 449. The van der Waals surface area contributed by atoms with Crippen LogP contribution in [-0.2, 0) is 4.79 Å². The highest BCUT2D eigenvalue weighted by Gasteiger charge is 2.10. The lowest BCUT2D eigenvalue weighted by Crippen LogP contribution is -2.37. The molecule has 0 aliphatic rings. The monoisotopic (exact) mass is 328 g/mol. The molecular weight excluding hydrogens is 312 g/mol. The van der Waals surface area contributed by atoms with Crippen molar-refractivity contribution in [2.45, 2.75) is 19.4 Å². The number of halogens is 1. The summed E-state index contributed by atoms with van der Waals surface area (Å²) in [4.78, 5) is 23.2. The van der Waals surface area contributed by atoms with Crippen molar-refractivity contribution in [3.05, 3.63) is 34.3 Å². The van der Waals surface area contributed by atoms with Gasteiger partial charge in [-0.15, -0.1) is 0 Å². The summed E-state index contributed by atoms with van der Waals surface area (Å²) in [6, 6.07) is 6.99. The third-order valence-electron chi connectivity index (χ3n) is 2.41. The van der Waals surface area contributed by atoms with Gasteiger partial charge in [0.05, 0.1) is 18.2 Å². The summed E-state index contributed by atoms with van der Waals surface area (Å²) in [6.45, 7) is 1.96. The lowest BCUT2D eigenvalue weighted by Gasteiger charge is -2.08. The molecule has 104 valence electrons. The van der Waals surface area contributed by atoms with Crippen molar-refractivity contribution >= 4 is 27.7 Å². The zero-order valence-corrected chi connectivity index (χ0v) is 12.2. The summed E-state index contributed by atoms with van der Waals surface area (Å²) in [6.07, 6.45) is 0.0411. The van der Waals surface area contributed by atoms with Crippen molar-refractivity contribution in [2.24, 2.45) is 0 Å². The molecule has 0 aliphatic heterocycles. The molecular formula is C13H17BrN2O3. The Morgan fingerprint density at radius 3 is 2.63 bits per heavy atom. The van der Waals surface area contributed by atoms with E-state index in [9.17, 15) is 9.59 Å². The Morgan fingerprint density at radius 1 is 1.32 bits per heavy atom. The predicted molar refractivity (Wildman–Crippen MR) is 75.8 cm³/mol. The van der Waals surface area contributed by atoms with Crippen LogP contribution in [0, 0.1) is 0 Å². The van der Waals surface area contributed by atoms with Gasteiger partial charge in [-0.1, -0.05) is 12.1 Å². The maximum atomic E-state index is 11.8. The first-order chi connectivity index (χ1) is 9.00. The van der Waals surface area contributed by atoms with Crippen molar-refractivity contribution in [1.29, 1.82) is 0 Å². The number of aliphatic hydroxyl groups excluding tert-OH is 1. The summed E-state index contributed by atoms with van der Waals surface area (Å²) in [5.41, 5.74) is 0.485. The molecule has 0 aromatic heterocycles. The molecule has 0 saturated heterocycles. The van der Waals surface area contributed by atoms with Crippen LogP contribution in [-0.4, -0.2) is 36.1 Å². The normalized spacial score (nSPS) is 11.7. The van der Waals surface area contributed by atoms with E-state index in [2.05, 4.69) is 26.6 Å². The van der Waals surface area contributed by atoms with Gasteiger partial charge in [0.25, 0.3) is 5.91 Å². The van der Waals surface area contributed by atoms with E-state index in [-0.39, 0.29) is 18.4 Å². The highest BCUT2D eigenvalue weighted by atomic mass is 79.9. The topological polar surface area (TPSA) is 78.4 Å². The Morgan fingerprint density at radius 2 is 2.00 bits per heavy atom. The fourth-order valence-corrected chi connectivity index (χ4v) is 1.85. The largest absolute Gasteiger partial charge is 0.393 e. The van der Waals surface area contributed by atoms with Crippen LogP contribution in [0.5, 0.6) is 0 Å². The molecule has 1 aromatic rings. The molecule has 0 spiro atoms. The Hall–Kier alpha value is -1.40. The number of amides is 2. The summed E-state index contributed by atoms with van der Waals surface area (Å²) < 4.78 is 0.682. The van der Waals surface area contributed by atoms with Crippen molar-refractivity contribution in [3.63, 3.8) is 0 Å². The van der Waals surface area contributed by atoms with Crippen LogP contribution in [0.4, 0.5) is 0 Å². The van der Waals surface area contributed by atoms with Gasteiger partial charge >= 0.3 is 0 Å². The van der Waals surface area contributed by atoms with Gasteiger partial charge < -0.3 is 15.7 Å². The number of hydrogen-bond acceptors (Lipinski definition) is 3. The number of carbonyl (C=O) groups excluding carboxylic acids is 2. The number of benzene rings is 1. The highest BCUT2D eigenvalue weighted by molar-refractivity contribution is 9.10. The van der Waals surface area contributed by atoms with E-state index in [0.29, 0.717) is 23.0 Å². The second-order valence-corrected chi connectivity index (χ2v) is 5.00. The molecule has 6 heteroatoms. The molecule has 0 fully saturated rings. The number of carbonyl (C=O) groups is 2. The van der Waals surface area contributed by atoms with Crippen molar-refractivity contribution < 1.29 is 14.7 Å². The Balaban J connectivity index is 2.34. The third-order valence-corrected chi connectivity index (χ3v) is 3.10. The third kappa shape index (κ3) is 5.85. The van der Waals surface area contributed by atoms with Crippen LogP contribution in [0.15, 0.2) is 28.7 Å². The van der Waals surface area contributed by atoms with Gasteiger partial charge in [-0.2, -0.15) is 0 Å². The standard InChI is InChI=1S/C13H17BrN2O3/c1-9(17)6-7-15-12(18)8-16-13(19)10-4-2-3-5-11(10)14/h2-5,9,17H,6-8H2,1H3,(H,15,18)(H,16,19). The molecule has 5 nitrogen and oxygen atoms in total. The van der Waals surface area contributed by atoms with E-state index in [1.807, 2.05) is 6.07 Å². The lowest BCUT2D eigenvalue weighted by molar-refractivity contribution is -0.120. The molecule has 19 heavy (non-hydrogen) atoms. The van der Waals surface area contributed by atoms with Gasteiger partial charge in [0.1, 0.15) is 0 Å². The molecule has 0 radical (unpaired) electrons. The van der Waals surface area contributed by atoms with Crippen molar-refractivity contribution in [1.82, 2.24) is 10.6 Å². The zero-order chi connectivity index (χ0) is 14.3. The molecule has 2 amide bonds. The molecule has 0 heterocycles. The Kier molecular flexibility index (Phi) is 6.52. The van der Waals surface area contributed by atoms with E-state index < -0.39 is 6.10 Å². The van der Waals surface area contributed by atoms with E-state index in [4.69, 9.17) is 5.11 Å². The van der Waals surface area contributed by atoms with Gasteiger partial charge in [-0.3, -0.25) is 9.59 Å². The van der Waals surface area contributed by atoms with Gasteiger partial charge in [0.15, 0.2) is 0 Å². The van der Waals surface area contributed by atoms with Crippen LogP contribution in [0.2, 0.25) is 0 Å². The van der Waals surface area contributed by atoms with Crippen LogP contribution < -0.4 is 10.6 Å². The molecule has 0 bridgehead atoms. The summed E-state index contributed by atoms with van der Waals surface area (Å²) in [5.74, 6) is -0.584.